The average Bonchev–Trinajstić information content (AvgIpc) is 2.77. The van der Waals surface area contributed by atoms with Gasteiger partial charge in [-0.15, -0.1) is 0 Å². The van der Waals surface area contributed by atoms with Crippen molar-refractivity contribution in [2.75, 3.05) is 11.9 Å². The molecule has 32 heavy (non-hydrogen) atoms. The van der Waals surface area contributed by atoms with Crippen LogP contribution in [-0.4, -0.2) is 23.6 Å². The number of nitrogens with one attached hydrogen (secondary N) is 1. The number of amides is 1. The summed E-state index contributed by atoms with van der Waals surface area (Å²) in [5.74, 6) is -1.23. The highest BCUT2D eigenvalue weighted by molar-refractivity contribution is 9.10. The molecule has 3 aromatic rings. The van der Waals surface area contributed by atoms with Crippen molar-refractivity contribution in [3.63, 3.8) is 0 Å². The molecule has 1 unspecified atom stereocenters. The van der Waals surface area contributed by atoms with Crippen LogP contribution in [0.1, 0.15) is 28.3 Å². The molecule has 164 valence electrons. The number of ether oxygens (including phenoxy) is 2. The van der Waals surface area contributed by atoms with Crippen LogP contribution in [0.15, 0.2) is 59.1 Å². The van der Waals surface area contributed by atoms with Gasteiger partial charge in [0.2, 0.25) is 0 Å². The number of fused-ring (bicyclic) bond motifs is 1. The number of rotatable bonds is 5. The molecule has 0 spiro atoms. The zero-order valence-corrected chi connectivity index (χ0v) is 18.7. The van der Waals surface area contributed by atoms with E-state index in [1.807, 2.05) is 0 Å². The lowest BCUT2D eigenvalue weighted by atomic mass is 9.93. The normalized spacial score (nSPS) is 14.8. The monoisotopic (exact) mass is 519 g/mol. The smallest absolute Gasteiger partial charge is 0.311 e. The minimum Gasteiger partial charge on any atom is -0.493 e. The molecule has 0 saturated carbocycles. The van der Waals surface area contributed by atoms with E-state index in [9.17, 15) is 19.1 Å². The topological polar surface area (TPSA) is 84.9 Å². The Bertz CT molecular complexity index is 1200. The van der Waals surface area contributed by atoms with Crippen LogP contribution in [0.2, 0.25) is 5.02 Å². The largest absolute Gasteiger partial charge is 0.493 e. The summed E-state index contributed by atoms with van der Waals surface area (Å²) in [5.41, 5.74) is 1.34. The van der Waals surface area contributed by atoms with Gasteiger partial charge in [-0.25, -0.2) is 4.39 Å². The molecule has 6 nitrogen and oxygen atoms in total. The number of anilines is 1. The lowest BCUT2D eigenvalue weighted by Gasteiger charge is -2.24. The SMILES string of the molecule is O=C(Nc1ccc(F)c(Br)c1)c1ccc(Oc2cc3c(cc2Cl)C(C(=O)O)CCO3)cc1. The number of carboxylic acid groups (broad SMARTS) is 1. The third kappa shape index (κ3) is 4.71. The highest BCUT2D eigenvalue weighted by Crippen LogP contribution is 2.41. The van der Waals surface area contributed by atoms with Crippen molar-refractivity contribution in [3.05, 3.63) is 81.0 Å². The molecular formula is C23H16BrClFNO5. The zero-order valence-electron chi connectivity index (χ0n) is 16.4. The second kappa shape index (κ2) is 9.18. The summed E-state index contributed by atoms with van der Waals surface area (Å²) in [7, 11) is 0. The van der Waals surface area contributed by atoms with Crippen LogP contribution in [0.5, 0.6) is 17.2 Å². The maximum Gasteiger partial charge on any atom is 0.311 e. The van der Waals surface area contributed by atoms with Gasteiger partial charge in [0.15, 0.2) is 0 Å². The van der Waals surface area contributed by atoms with Crippen molar-refractivity contribution in [2.24, 2.45) is 0 Å². The molecule has 3 aromatic carbocycles. The Balaban J connectivity index is 1.48. The molecule has 4 rings (SSSR count). The molecular weight excluding hydrogens is 505 g/mol. The fourth-order valence-electron chi connectivity index (χ4n) is 3.30. The van der Waals surface area contributed by atoms with Crippen LogP contribution >= 0.6 is 27.5 Å². The predicted molar refractivity (Wildman–Crippen MR) is 121 cm³/mol. The summed E-state index contributed by atoms with van der Waals surface area (Å²) in [4.78, 5) is 23.9. The van der Waals surface area contributed by atoms with E-state index in [4.69, 9.17) is 21.1 Å². The maximum atomic E-state index is 13.3. The number of aliphatic carboxylic acids is 1. The Labute approximate surface area is 196 Å². The van der Waals surface area contributed by atoms with Gasteiger partial charge < -0.3 is 19.9 Å². The van der Waals surface area contributed by atoms with Gasteiger partial charge >= 0.3 is 5.97 Å². The third-order valence-corrected chi connectivity index (χ3v) is 5.83. The van der Waals surface area contributed by atoms with Gasteiger partial charge in [0.25, 0.3) is 5.91 Å². The van der Waals surface area contributed by atoms with Gasteiger partial charge in [0.05, 0.1) is 22.0 Å². The number of carboxylic acids is 1. The molecule has 0 aliphatic carbocycles. The molecule has 0 bridgehead atoms. The second-order valence-electron chi connectivity index (χ2n) is 7.06. The summed E-state index contributed by atoms with van der Waals surface area (Å²) in [6.45, 7) is 0.291. The maximum absolute atomic E-state index is 13.3. The Hall–Kier alpha value is -3.10. The van der Waals surface area contributed by atoms with Gasteiger partial charge in [0.1, 0.15) is 23.1 Å². The standard InChI is InChI=1S/C23H16BrClFNO5/c24-17-9-13(3-6-19(17)26)27-22(28)12-1-4-14(5-2-12)32-21-11-20-16(10-18(21)25)15(23(29)30)7-8-31-20/h1-6,9-11,15H,7-8H2,(H,27,28)(H,29,30). The number of halogens is 3. The predicted octanol–water partition coefficient (Wildman–Crippen LogP) is 6.24. The van der Waals surface area contributed by atoms with E-state index in [0.29, 0.717) is 47.1 Å². The van der Waals surface area contributed by atoms with Crippen LogP contribution in [0.4, 0.5) is 10.1 Å². The van der Waals surface area contributed by atoms with Crippen molar-refractivity contribution in [3.8, 4) is 17.2 Å². The number of hydrogen-bond acceptors (Lipinski definition) is 4. The summed E-state index contributed by atoms with van der Waals surface area (Å²) < 4.78 is 25.0. The molecule has 1 aliphatic rings. The van der Waals surface area contributed by atoms with Crippen LogP contribution in [-0.2, 0) is 4.79 Å². The van der Waals surface area contributed by atoms with Crippen molar-refractivity contribution in [1.29, 1.82) is 0 Å². The van der Waals surface area contributed by atoms with E-state index in [-0.39, 0.29) is 15.4 Å². The zero-order chi connectivity index (χ0) is 22.8. The van der Waals surface area contributed by atoms with Gasteiger partial charge in [-0.1, -0.05) is 11.6 Å². The second-order valence-corrected chi connectivity index (χ2v) is 8.32. The molecule has 1 aliphatic heterocycles. The molecule has 1 atom stereocenters. The quantitative estimate of drug-likeness (QED) is 0.416. The Morgan fingerprint density at radius 3 is 2.59 bits per heavy atom. The molecule has 0 radical (unpaired) electrons. The number of benzene rings is 3. The lowest BCUT2D eigenvalue weighted by Crippen LogP contribution is -2.20. The minimum atomic E-state index is -0.929. The molecule has 0 fully saturated rings. The Morgan fingerprint density at radius 1 is 1.16 bits per heavy atom. The van der Waals surface area contributed by atoms with Crippen LogP contribution < -0.4 is 14.8 Å². The third-order valence-electron chi connectivity index (χ3n) is 4.92. The van der Waals surface area contributed by atoms with E-state index in [2.05, 4.69) is 21.2 Å². The first-order chi connectivity index (χ1) is 15.3. The highest BCUT2D eigenvalue weighted by Gasteiger charge is 2.29. The van der Waals surface area contributed by atoms with E-state index < -0.39 is 17.7 Å². The van der Waals surface area contributed by atoms with Gasteiger partial charge in [-0.3, -0.25) is 9.59 Å². The van der Waals surface area contributed by atoms with Crippen molar-refractivity contribution in [2.45, 2.75) is 12.3 Å². The highest BCUT2D eigenvalue weighted by atomic mass is 79.9. The Kier molecular flexibility index (Phi) is 6.34. The van der Waals surface area contributed by atoms with Gasteiger partial charge in [0, 0.05) is 22.9 Å². The van der Waals surface area contributed by atoms with E-state index in [0.717, 1.165) is 0 Å². The van der Waals surface area contributed by atoms with E-state index >= 15 is 0 Å². The summed E-state index contributed by atoms with van der Waals surface area (Å²) in [5, 5.41) is 12.3. The van der Waals surface area contributed by atoms with Crippen molar-refractivity contribution in [1.82, 2.24) is 0 Å². The molecule has 1 heterocycles. The van der Waals surface area contributed by atoms with E-state index in [1.54, 1.807) is 36.4 Å². The molecule has 1 amide bonds. The molecule has 0 aromatic heterocycles. The Morgan fingerprint density at radius 2 is 1.91 bits per heavy atom. The lowest BCUT2D eigenvalue weighted by molar-refractivity contribution is -0.139. The summed E-state index contributed by atoms with van der Waals surface area (Å²) >= 11 is 9.39. The number of hydrogen-bond donors (Lipinski definition) is 2. The van der Waals surface area contributed by atoms with E-state index in [1.165, 1.54) is 18.2 Å². The molecule has 9 heteroatoms. The summed E-state index contributed by atoms with van der Waals surface area (Å²) in [6.07, 6.45) is 0.372. The van der Waals surface area contributed by atoms with Crippen LogP contribution in [0.25, 0.3) is 0 Å². The number of carbonyl (C=O) groups is 2. The fourth-order valence-corrected chi connectivity index (χ4v) is 3.89. The fraction of sp³-hybridized carbons (Fsp3) is 0.130. The first-order valence-electron chi connectivity index (χ1n) is 9.55. The summed E-state index contributed by atoms with van der Waals surface area (Å²) in [6, 6.07) is 13.7. The molecule has 0 saturated heterocycles. The van der Waals surface area contributed by atoms with Crippen molar-refractivity contribution >= 4 is 45.1 Å². The van der Waals surface area contributed by atoms with Gasteiger partial charge in [-0.2, -0.15) is 0 Å². The van der Waals surface area contributed by atoms with Crippen LogP contribution in [0.3, 0.4) is 0 Å². The average molecular weight is 521 g/mol. The van der Waals surface area contributed by atoms with Crippen LogP contribution in [0, 0.1) is 5.82 Å². The number of carbonyl (C=O) groups excluding carboxylic acids is 1. The minimum absolute atomic E-state index is 0.250. The molecule has 2 N–H and O–H groups in total. The first-order valence-corrected chi connectivity index (χ1v) is 10.7. The van der Waals surface area contributed by atoms with Crippen molar-refractivity contribution < 1.29 is 28.6 Å². The first kappa shape index (κ1) is 22.1. The van der Waals surface area contributed by atoms with Gasteiger partial charge in [-0.05, 0) is 70.9 Å².